The van der Waals surface area contributed by atoms with E-state index in [9.17, 15) is 8.42 Å². The summed E-state index contributed by atoms with van der Waals surface area (Å²) in [4.78, 5) is 2.28. The molecule has 1 aliphatic heterocycles. The smallest absolute Gasteiger partial charge is 0.301 e. The molecule has 8 heteroatoms. The Hall–Kier alpha value is -2.48. The number of benzene rings is 2. The summed E-state index contributed by atoms with van der Waals surface area (Å²) in [5, 5.41) is 5.44. The zero-order valence-corrected chi connectivity index (χ0v) is 17.4. The number of fused-ring (bicyclic) bond motifs is 2. The molecular weight excluding hydrogens is 410 g/mol. The second-order valence-electron chi connectivity index (χ2n) is 7.22. The second kappa shape index (κ2) is 6.79. The molecule has 29 heavy (non-hydrogen) atoms. The molecule has 0 atom stereocenters. The summed E-state index contributed by atoms with van der Waals surface area (Å²) >= 11 is 6.08. The maximum Gasteiger partial charge on any atom is 0.301 e. The Kier molecular flexibility index (Phi) is 4.34. The van der Waals surface area contributed by atoms with Gasteiger partial charge in [0.2, 0.25) is 5.09 Å². The molecule has 150 valence electrons. The molecule has 1 saturated heterocycles. The molecule has 0 unspecified atom stereocenters. The number of aromatic nitrogens is 1. The van der Waals surface area contributed by atoms with Crippen molar-refractivity contribution < 1.29 is 12.8 Å². The lowest BCUT2D eigenvalue weighted by Gasteiger charge is -2.30. The van der Waals surface area contributed by atoms with Gasteiger partial charge >= 0.3 is 10.0 Å². The lowest BCUT2D eigenvalue weighted by Crippen LogP contribution is -2.43. The summed E-state index contributed by atoms with van der Waals surface area (Å²) in [7, 11) is -3.90. The topological polar surface area (TPSA) is 67.5 Å². The van der Waals surface area contributed by atoms with Crippen LogP contribution in [0.15, 0.2) is 58.2 Å². The summed E-state index contributed by atoms with van der Waals surface area (Å²) < 4.78 is 34.0. The van der Waals surface area contributed by atoms with Crippen LogP contribution < -0.4 is 10.2 Å². The molecule has 0 spiro atoms. The van der Waals surface area contributed by atoms with E-state index < -0.39 is 10.0 Å². The Morgan fingerprint density at radius 3 is 2.66 bits per heavy atom. The van der Waals surface area contributed by atoms with Crippen molar-refractivity contribution in [1.82, 2.24) is 9.29 Å². The van der Waals surface area contributed by atoms with Crippen LogP contribution in [0.1, 0.15) is 5.56 Å². The van der Waals surface area contributed by atoms with Crippen molar-refractivity contribution >= 4 is 49.2 Å². The lowest BCUT2D eigenvalue weighted by molar-refractivity contribution is 0.474. The van der Waals surface area contributed by atoms with Crippen molar-refractivity contribution in [2.75, 3.05) is 31.1 Å². The molecule has 5 rings (SSSR count). The van der Waals surface area contributed by atoms with E-state index in [2.05, 4.69) is 10.2 Å². The summed E-state index contributed by atoms with van der Waals surface area (Å²) in [6, 6.07) is 12.7. The SMILES string of the molecule is Cc1c(S(=O)(=O)n2ccc3c(N4CCNCC4)cccc32)oc2ccc(Cl)cc12. The zero-order chi connectivity index (χ0) is 20.2. The van der Waals surface area contributed by atoms with Gasteiger partial charge in [-0.25, -0.2) is 3.97 Å². The largest absolute Gasteiger partial charge is 0.442 e. The number of rotatable bonds is 3. The third kappa shape index (κ3) is 2.92. The predicted octanol–water partition coefficient (Wildman–Crippen LogP) is 4.00. The Morgan fingerprint density at radius 2 is 1.86 bits per heavy atom. The van der Waals surface area contributed by atoms with E-state index >= 15 is 0 Å². The van der Waals surface area contributed by atoms with Crippen LogP contribution in [0.5, 0.6) is 0 Å². The number of hydrogen-bond donors (Lipinski definition) is 1. The van der Waals surface area contributed by atoms with Crippen LogP contribution in [0, 0.1) is 6.92 Å². The summed E-state index contributed by atoms with van der Waals surface area (Å²) in [6.45, 7) is 5.35. The van der Waals surface area contributed by atoms with Gasteiger partial charge in [-0.3, -0.25) is 0 Å². The lowest BCUT2D eigenvalue weighted by atomic mass is 10.2. The van der Waals surface area contributed by atoms with Crippen molar-refractivity contribution in [3.63, 3.8) is 0 Å². The van der Waals surface area contributed by atoms with Gasteiger partial charge in [-0.2, -0.15) is 8.42 Å². The van der Waals surface area contributed by atoms with E-state index in [0.717, 1.165) is 37.3 Å². The molecule has 0 bridgehead atoms. The number of piperazine rings is 1. The van der Waals surface area contributed by atoms with Gasteiger partial charge in [0.1, 0.15) is 5.58 Å². The first-order valence-electron chi connectivity index (χ1n) is 9.47. The number of nitrogens with one attached hydrogen (secondary N) is 1. The third-order valence-electron chi connectivity index (χ3n) is 5.48. The van der Waals surface area contributed by atoms with Gasteiger partial charge in [0.25, 0.3) is 0 Å². The van der Waals surface area contributed by atoms with Crippen LogP contribution in [0.3, 0.4) is 0 Å². The molecule has 1 N–H and O–H groups in total. The molecule has 4 aromatic rings. The predicted molar refractivity (Wildman–Crippen MR) is 116 cm³/mol. The number of hydrogen-bond acceptors (Lipinski definition) is 5. The van der Waals surface area contributed by atoms with Crippen molar-refractivity contribution in [2.24, 2.45) is 0 Å². The van der Waals surface area contributed by atoms with Gasteiger partial charge in [0.05, 0.1) is 5.52 Å². The van der Waals surface area contributed by atoms with E-state index in [1.165, 1.54) is 3.97 Å². The second-order valence-corrected chi connectivity index (χ2v) is 9.37. The molecule has 0 aliphatic carbocycles. The van der Waals surface area contributed by atoms with E-state index in [1.54, 1.807) is 31.3 Å². The Bertz CT molecular complexity index is 1330. The number of anilines is 1. The Balaban J connectivity index is 1.66. The van der Waals surface area contributed by atoms with E-state index in [1.807, 2.05) is 24.3 Å². The summed E-state index contributed by atoms with van der Waals surface area (Å²) in [5.74, 6) is 0. The first-order chi connectivity index (χ1) is 14.0. The highest BCUT2D eigenvalue weighted by Gasteiger charge is 2.28. The fraction of sp³-hybridized carbons (Fsp3) is 0.238. The highest BCUT2D eigenvalue weighted by atomic mass is 35.5. The quantitative estimate of drug-likeness (QED) is 0.533. The van der Waals surface area contributed by atoms with Gasteiger partial charge in [-0.15, -0.1) is 0 Å². The zero-order valence-electron chi connectivity index (χ0n) is 15.9. The summed E-state index contributed by atoms with van der Waals surface area (Å²) in [6.07, 6.45) is 1.60. The van der Waals surface area contributed by atoms with Gasteiger partial charge in [0.15, 0.2) is 0 Å². The Labute approximate surface area is 173 Å². The molecule has 1 aliphatic rings. The first kappa shape index (κ1) is 18.5. The average molecular weight is 430 g/mol. The molecule has 0 amide bonds. The summed E-state index contributed by atoms with van der Waals surface area (Å²) in [5.41, 5.74) is 2.75. The average Bonchev–Trinajstić information content (AvgIpc) is 3.31. The molecular formula is C21H20ClN3O3S. The molecule has 2 aromatic carbocycles. The minimum atomic E-state index is -3.90. The van der Waals surface area contributed by atoms with Crippen LogP contribution in [-0.2, 0) is 10.0 Å². The van der Waals surface area contributed by atoms with Crippen molar-refractivity contribution in [3.8, 4) is 0 Å². The van der Waals surface area contributed by atoms with Crippen LogP contribution in [0.4, 0.5) is 5.69 Å². The van der Waals surface area contributed by atoms with E-state index in [-0.39, 0.29) is 5.09 Å². The third-order valence-corrected chi connectivity index (χ3v) is 7.41. The van der Waals surface area contributed by atoms with E-state index in [0.29, 0.717) is 27.1 Å². The van der Waals surface area contributed by atoms with Crippen LogP contribution in [0.2, 0.25) is 5.02 Å². The van der Waals surface area contributed by atoms with Crippen molar-refractivity contribution in [2.45, 2.75) is 12.0 Å². The maximum absolute atomic E-state index is 13.5. The number of aryl methyl sites for hydroxylation is 1. The molecule has 0 saturated carbocycles. The fourth-order valence-electron chi connectivity index (χ4n) is 4.02. The fourth-order valence-corrected chi connectivity index (χ4v) is 5.71. The van der Waals surface area contributed by atoms with Gasteiger partial charge < -0.3 is 14.6 Å². The number of halogens is 1. The first-order valence-corrected chi connectivity index (χ1v) is 11.3. The molecule has 6 nitrogen and oxygen atoms in total. The van der Waals surface area contributed by atoms with Crippen LogP contribution in [-0.4, -0.2) is 38.6 Å². The number of furan rings is 1. The molecule has 1 fully saturated rings. The minimum Gasteiger partial charge on any atom is -0.442 e. The molecule has 0 radical (unpaired) electrons. The normalized spacial score (nSPS) is 15.4. The monoisotopic (exact) mass is 429 g/mol. The highest BCUT2D eigenvalue weighted by molar-refractivity contribution is 7.90. The molecule has 2 aromatic heterocycles. The highest BCUT2D eigenvalue weighted by Crippen LogP contribution is 2.35. The van der Waals surface area contributed by atoms with Gasteiger partial charge in [-0.1, -0.05) is 17.7 Å². The van der Waals surface area contributed by atoms with E-state index in [4.69, 9.17) is 16.0 Å². The maximum atomic E-state index is 13.5. The van der Waals surface area contributed by atoms with Gasteiger partial charge in [-0.05, 0) is 43.3 Å². The van der Waals surface area contributed by atoms with Crippen molar-refractivity contribution in [1.29, 1.82) is 0 Å². The Morgan fingerprint density at radius 1 is 1.07 bits per heavy atom. The molecule has 3 heterocycles. The standard InChI is InChI=1S/C21H20ClN3O3S/c1-14-17-13-15(22)5-6-20(17)28-21(14)29(26,27)25-10-7-16-18(3-2-4-19(16)25)24-11-8-23-9-12-24/h2-7,10,13,23H,8-9,11-12H2,1H3. The minimum absolute atomic E-state index is 0.0557. The van der Waals surface area contributed by atoms with Crippen molar-refractivity contribution in [3.05, 3.63) is 59.2 Å². The van der Waals surface area contributed by atoms with Gasteiger partial charge in [0, 0.05) is 59.4 Å². The van der Waals surface area contributed by atoms with Crippen LogP contribution in [0.25, 0.3) is 21.9 Å². The number of nitrogens with zero attached hydrogens (tertiary/aromatic N) is 2. The van der Waals surface area contributed by atoms with Crippen LogP contribution >= 0.6 is 11.6 Å².